The van der Waals surface area contributed by atoms with E-state index < -0.39 is 18.5 Å². The van der Waals surface area contributed by atoms with Crippen LogP contribution < -0.4 is 15.4 Å². The highest BCUT2D eigenvalue weighted by molar-refractivity contribution is 5.66. The lowest BCUT2D eigenvalue weighted by atomic mass is 10.1. The Morgan fingerprint density at radius 3 is 2.69 bits per heavy atom. The smallest absolute Gasteiger partial charge is 0.387 e. The largest absolute Gasteiger partial charge is 0.431 e. The molecule has 2 N–H and O–H groups in total. The van der Waals surface area contributed by atoms with Gasteiger partial charge in [0.25, 0.3) is 0 Å². The van der Waals surface area contributed by atoms with Crippen LogP contribution in [-0.2, 0) is 4.74 Å². The number of nitrogens with zero attached hydrogens (tertiary/aromatic N) is 5. The zero-order valence-electron chi connectivity index (χ0n) is 19.6. The first kappa shape index (κ1) is 23.7. The predicted molar refractivity (Wildman–Crippen MR) is 123 cm³/mol. The standard InChI is InChI=1S/C24H28F4N6O2/c25-23(26)36-19-5-14(9-30-21(19)29)18-7-20(32-22(31-18)13-1-3-24(27,28)8-13)33-4-2-15(10-33)34-11-17-6-16(34)12-35-17/h5,7,9,13,15-17,23H,1-4,6,8,10-12H2,(H2,29,30)/t13?,15?,16-,17-/m0/s1. The third kappa shape index (κ3) is 4.56. The van der Waals surface area contributed by atoms with Gasteiger partial charge in [-0.25, -0.2) is 23.7 Å². The van der Waals surface area contributed by atoms with E-state index in [1.165, 1.54) is 12.3 Å². The van der Waals surface area contributed by atoms with E-state index in [0.717, 1.165) is 39.1 Å². The Balaban J connectivity index is 1.31. The third-order valence-electron chi connectivity index (χ3n) is 7.79. The van der Waals surface area contributed by atoms with Crippen LogP contribution >= 0.6 is 0 Å². The maximum atomic E-state index is 14.0. The summed E-state index contributed by atoms with van der Waals surface area (Å²) in [7, 11) is 0. The van der Waals surface area contributed by atoms with E-state index in [1.807, 2.05) is 0 Å². The Hall–Kier alpha value is -2.73. The van der Waals surface area contributed by atoms with Crippen LogP contribution in [0.2, 0.25) is 0 Å². The van der Waals surface area contributed by atoms with Gasteiger partial charge in [-0.05, 0) is 25.3 Å². The zero-order chi connectivity index (χ0) is 25.0. The topological polar surface area (TPSA) is 89.6 Å². The Kier molecular flexibility index (Phi) is 5.90. The minimum atomic E-state index is -3.06. The van der Waals surface area contributed by atoms with E-state index in [4.69, 9.17) is 15.5 Å². The van der Waals surface area contributed by atoms with E-state index in [-0.39, 0.29) is 30.8 Å². The maximum absolute atomic E-state index is 14.0. The highest BCUT2D eigenvalue weighted by atomic mass is 19.3. The van der Waals surface area contributed by atoms with Crippen LogP contribution in [0.3, 0.4) is 0 Å². The molecular weight excluding hydrogens is 480 g/mol. The van der Waals surface area contributed by atoms with Crippen molar-refractivity contribution in [3.8, 4) is 17.0 Å². The number of nitrogens with two attached hydrogens (primary N) is 1. The first-order chi connectivity index (χ1) is 17.2. The van der Waals surface area contributed by atoms with Crippen LogP contribution in [0.25, 0.3) is 11.3 Å². The fraction of sp³-hybridized carbons (Fsp3) is 0.625. The van der Waals surface area contributed by atoms with E-state index >= 15 is 0 Å². The Bertz CT molecular complexity index is 1140. The molecule has 12 heteroatoms. The van der Waals surface area contributed by atoms with Gasteiger partial charge in [-0.15, -0.1) is 0 Å². The number of halogens is 4. The fourth-order valence-corrected chi connectivity index (χ4v) is 6.00. The summed E-state index contributed by atoms with van der Waals surface area (Å²) in [5.41, 5.74) is 6.51. The molecule has 2 aromatic heterocycles. The molecule has 0 radical (unpaired) electrons. The van der Waals surface area contributed by atoms with Gasteiger partial charge in [-0.2, -0.15) is 8.78 Å². The molecule has 6 rings (SSSR count). The number of anilines is 2. The zero-order valence-corrected chi connectivity index (χ0v) is 19.6. The second-order valence-corrected chi connectivity index (χ2v) is 10.2. The van der Waals surface area contributed by atoms with Crippen molar-refractivity contribution < 1.29 is 27.0 Å². The second kappa shape index (κ2) is 8.98. The quantitative estimate of drug-likeness (QED) is 0.592. The Labute approximate surface area is 205 Å². The summed E-state index contributed by atoms with van der Waals surface area (Å²) in [6.45, 7) is 0.181. The molecule has 2 aromatic rings. The molecule has 2 unspecified atom stereocenters. The molecule has 4 aliphatic rings. The molecule has 4 atom stereocenters. The molecule has 1 aliphatic carbocycles. The summed E-state index contributed by atoms with van der Waals surface area (Å²) in [5.74, 6) is -2.69. The van der Waals surface area contributed by atoms with Crippen LogP contribution in [0.15, 0.2) is 18.3 Å². The normalized spacial score (nSPS) is 29.5. The molecule has 3 saturated heterocycles. The number of hydrogen-bond donors (Lipinski definition) is 1. The first-order valence-electron chi connectivity index (χ1n) is 12.3. The fourth-order valence-electron chi connectivity index (χ4n) is 6.00. The van der Waals surface area contributed by atoms with Crippen molar-refractivity contribution in [1.29, 1.82) is 0 Å². The third-order valence-corrected chi connectivity index (χ3v) is 7.79. The Morgan fingerprint density at radius 1 is 1.14 bits per heavy atom. The van der Waals surface area contributed by atoms with Crippen molar-refractivity contribution in [2.45, 2.75) is 68.7 Å². The van der Waals surface area contributed by atoms with Crippen molar-refractivity contribution in [1.82, 2.24) is 19.9 Å². The molecule has 0 aromatic carbocycles. The number of likely N-dealkylation sites (tertiary alicyclic amines) is 1. The molecular formula is C24H28F4N6O2. The van der Waals surface area contributed by atoms with Gasteiger partial charge >= 0.3 is 6.61 Å². The summed E-state index contributed by atoms with van der Waals surface area (Å²) in [6.07, 6.45) is 3.54. The van der Waals surface area contributed by atoms with Crippen LogP contribution in [0, 0.1) is 0 Å². The van der Waals surface area contributed by atoms with Crippen molar-refractivity contribution in [3.63, 3.8) is 0 Å². The van der Waals surface area contributed by atoms with Gasteiger partial charge in [-0.3, -0.25) is 4.90 Å². The second-order valence-electron chi connectivity index (χ2n) is 10.2. The molecule has 8 nitrogen and oxygen atoms in total. The SMILES string of the molecule is Nc1ncc(-c2cc(N3CCC(N4C[C@@H]5C[C@H]4CO5)C3)nc(C3CCC(F)(F)C3)n2)cc1OC(F)F. The molecule has 4 fully saturated rings. The molecule has 5 heterocycles. The van der Waals surface area contributed by atoms with Crippen LogP contribution in [0.5, 0.6) is 5.75 Å². The van der Waals surface area contributed by atoms with Crippen LogP contribution in [-0.4, -0.2) is 76.8 Å². The van der Waals surface area contributed by atoms with Crippen LogP contribution in [0.4, 0.5) is 29.2 Å². The molecule has 1 saturated carbocycles. The molecule has 194 valence electrons. The summed E-state index contributed by atoms with van der Waals surface area (Å²) in [4.78, 5) is 18.0. The average molecular weight is 509 g/mol. The number of alkyl halides is 4. The van der Waals surface area contributed by atoms with Gasteiger partial charge in [0.1, 0.15) is 11.6 Å². The summed E-state index contributed by atoms with van der Waals surface area (Å²) in [6, 6.07) is 3.93. The summed E-state index contributed by atoms with van der Waals surface area (Å²) in [5, 5.41) is 0. The first-order valence-corrected chi connectivity index (χ1v) is 12.3. The van der Waals surface area contributed by atoms with E-state index in [1.54, 1.807) is 6.07 Å². The number of rotatable bonds is 6. The minimum Gasteiger partial charge on any atom is -0.431 e. The number of aromatic nitrogens is 3. The molecule has 0 amide bonds. The van der Waals surface area contributed by atoms with Gasteiger partial charge in [0.05, 0.1) is 18.4 Å². The lowest BCUT2D eigenvalue weighted by molar-refractivity contribution is -0.0494. The molecule has 2 bridgehead atoms. The average Bonchev–Trinajstić information content (AvgIpc) is 3.64. The molecule has 36 heavy (non-hydrogen) atoms. The van der Waals surface area contributed by atoms with Gasteiger partial charge in [0.2, 0.25) is 5.92 Å². The summed E-state index contributed by atoms with van der Waals surface area (Å²) < 4.78 is 64.0. The maximum Gasteiger partial charge on any atom is 0.387 e. The lowest BCUT2D eigenvalue weighted by Crippen LogP contribution is -2.45. The van der Waals surface area contributed by atoms with Crippen molar-refractivity contribution in [3.05, 3.63) is 24.2 Å². The minimum absolute atomic E-state index is 0.171. The molecule has 3 aliphatic heterocycles. The van der Waals surface area contributed by atoms with E-state index in [9.17, 15) is 17.6 Å². The number of nitrogen functional groups attached to an aromatic ring is 1. The predicted octanol–water partition coefficient (Wildman–Crippen LogP) is 3.68. The van der Waals surface area contributed by atoms with Gasteiger partial charge in [0, 0.05) is 68.3 Å². The lowest BCUT2D eigenvalue weighted by Gasteiger charge is -2.32. The number of morpholine rings is 1. The van der Waals surface area contributed by atoms with Gasteiger partial charge < -0.3 is 20.1 Å². The van der Waals surface area contributed by atoms with Crippen molar-refractivity contribution in [2.24, 2.45) is 0 Å². The highest BCUT2D eigenvalue weighted by Crippen LogP contribution is 2.44. The van der Waals surface area contributed by atoms with E-state index in [2.05, 4.69) is 24.5 Å². The number of fused-ring (bicyclic) bond motifs is 2. The molecule has 0 spiro atoms. The number of ether oxygens (including phenoxy) is 2. The summed E-state index contributed by atoms with van der Waals surface area (Å²) >= 11 is 0. The van der Waals surface area contributed by atoms with Gasteiger partial charge in [-0.1, -0.05) is 0 Å². The van der Waals surface area contributed by atoms with Crippen molar-refractivity contribution in [2.75, 3.05) is 36.9 Å². The van der Waals surface area contributed by atoms with E-state index in [0.29, 0.717) is 41.1 Å². The monoisotopic (exact) mass is 508 g/mol. The van der Waals surface area contributed by atoms with Crippen molar-refractivity contribution >= 4 is 11.6 Å². The van der Waals surface area contributed by atoms with Crippen LogP contribution in [0.1, 0.15) is 43.8 Å². The Morgan fingerprint density at radius 2 is 2.00 bits per heavy atom. The number of pyridine rings is 1. The number of hydrogen-bond acceptors (Lipinski definition) is 8. The van der Waals surface area contributed by atoms with Gasteiger partial charge in [0.15, 0.2) is 11.6 Å². The highest BCUT2D eigenvalue weighted by Gasteiger charge is 2.44.